The van der Waals surface area contributed by atoms with Crippen LogP contribution < -0.4 is 24.8 Å². The molecule has 168 valence electrons. The predicted molar refractivity (Wildman–Crippen MR) is 130 cm³/mol. The molecule has 7 nitrogen and oxygen atoms in total. The molecule has 0 bridgehead atoms. The lowest BCUT2D eigenvalue weighted by Gasteiger charge is -2.14. The first-order valence-electron chi connectivity index (χ1n) is 10.1. The average Bonchev–Trinajstić information content (AvgIpc) is 2.81. The van der Waals surface area contributed by atoms with Crippen molar-refractivity contribution in [3.05, 3.63) is 77.4 Å². The van der Waals surface area contributed by atoms with Gasteiger partial charge in [-0.05, 0) is 42.8 Å². The Hall–Kier alpha value is -3.97. The normalized spacial score (nSPS) is 10.5. The monoisotopic (exact) mass is 463 g/mol. The molecular weight excluding hydrogens is 442 g/mol. The van der Waals surface area contributed by atoms with Crippen LogP contribution in [0.2, 0.25) is 5.02 Å². The molecule has 0 aliphatic rings. The van der Waals surface area contributed by atoms with Crippen LogP contribution >= 0.6 is 11.6 Å². The number of urea groups is 1. The van der Waals surface area contributed by atoms with Crippen molar-refractivity contribution in [1.29, 1.82) is 0 Å². The number of nitrogens with one attached hydrogen (secondary N) is 2. The molecule has 0 fully saturated rings. The van der Waals surface area contributed by atoms with E-state index in [0.29, 0.717) is 39.2 Å². The van der Waals surface area contributed by atoms with Gasteiger partial charge in [0.05, 0.1) is 30.4 Å². The van der Waals surface area contributed by atoms with Crippen molar-refractivity contribution in [2.75, 3.05) is 24.9 Å². The van der Waals surface area contributed by atoms with Gasteiger partial charge in [0, 0.05) is 29.4 Å². The van der Waals surface area contributed by atoms with Crippen LogP contribution in [0, 0.1) is 6.92 Å². The first-order chi connectivity index (χ1) is 16.0. The van der Waals surface area contributed by atoms with Gasteiger partial charge in [-0.1, -0.05) is 29.8 Å². The van der Waals surface area contributed by atoms with Crippen molar-refractivity contribution in [2.45, 2.75) is 6.92 Å². The second-order valence-electron chi connectivity index (χ2n) is 7.17. The Bertz CT molecular complexity index is 1330. The van der Waals surface area contributed by atoms with Gasteiger partial charge in [0.1, 0.15) is 11.5 Å². The van der Waals surface area contributed by atoms with E-state index >= 15 is 0 Å². The Morgan fingerprint density at radius 1 is 0.879 bits per heavy atom. The number of benzene rings is 3. The van der Waals surface area contributed by atoms with E-state index in [-0.39, 0.29) is 6.03 Å². The Balaban J connectivity index is 1.53. The molecule has 0 aliphatic carbocycles. The van der Waals surface area contributed by atoms with E-state index in [1.165, 1.54) is 0 Å². The molecule has 4 aromatic rings. The summed E-state index contributed by atoms with van der Waals surface area (Å²) in [6.07, 6.45) is 1.65. The highest BCUT2D eigenvalue weighted by Gasteiger charge is 2.13. The minimum absolute atomic E-state index is 0.338. The van der Waals surface area contributed by atoms with Crippen LogP contribution in [0.5, 0.6) is 23.0 Å². The maximum Gasteiger partial charge on any atom is 0.323 e. The summed E-state index contributed by atoms with van der Waals surface area (Å²) in [5, 5.41) is 6.66. The molecule has 33 heavy (non-hydrogen) atoms. The summed E-state index contributed by atoms with van der Waals surface area (Å²) in [6.45, 7) is 1.92. The molecule has 1 heterocycles. The number of halogens is 1. The molecule has 1 aromatic heterocycles. The maximum absolute atomic E-state index is 12.4. The summed E-state index contributed by atoms with van der Waals surface area (Å²) in [6, 6.07) is 17.5. The smallest absolute Gasteiger partial charge is 0.323 e. The predicted octanol–water partition coefficient (Wildman–Crippen LogP) is 6.65. The molecule has 0 radical (unpaired) electrons. The summed E-state index contributed by atoms with van der Waals surface area (Å²) >= 11 is 6.41. The Kier molecular flexibility index (Phi) is 6.51. The molecule has 4 rings (SSSR count). The molecule has 8 heteroatoms. The van der Waals surface area contributed by atoms with E-state index in [9.17, 15) is 4.79 Å². The van der Waals surface area contributed by atoms with Crippen LogP contribution in [-0.4, -0.2) is 25.2 Å². The third-order valence-corrected chi connectivity index (χ3v) is 5.33. The molecule has 0 unspecified atom stereocenters. The first kappa shape index (κ1) is 22.2. The van der Waals surface area contributed by atoms with Crippen LogP contribution in [-0.2, 0) is 0 Å². The minimum atomic E-state index is -0.388. The fraction of sp³-hybridized carbons (Fsp3) is 0.120. The van der Waals surface area contributed by atoms with E-state index in [1.807, 2.05) is 37.3 Å². The molecule has 2 N–H and O–H groups in total. The molecule has 3 aromatic carbocycles. The second kappa shape index (κ2) is 9.67. The second-order valence-corrected chi connectivity index (χ2v) is 7.58. The third kappa shape index (κ3) is 4.94. The van der Waals surface area contributed by atoms with Gasteiger partial charge >= 0.3 is 6.03 Å². The number of methoxy groups -OCH3 is 2. The Morgan fingerprint density at radius 3 is 2.33 bits per heavy atom. The summed E-state index contributed by atoms with van der Waals surface area (Å²) in [5.74, 6) is 2.24. The van der Waals surface area contributed by atoms with Gasteiger partial charge in [-0.15, -0.1) is 0 Å². The molecule has 0 saturated carbocycles. The molecule has 0 atom stereocenters. The number of para-hydroxylation sites is 1. The quantitative estimate of drug-likeness (QED) is 0.334. The number of carbonyl (C=O) groups excluding carboxylic acids is 1. The standard InChI is InChI=1S/C25H22ClN3O4/c1-15-6-4-5-7-19(15)28-25(30)29-20-9-8-16(12-18(20)26)33-22-10-11-27-21-14-24(32-3)23(31-2)13-17(21)22/h4-14H,1-3H3,(H2,28,29,30). The van der Waals surface area contributed by atoms with Crippen LogP contribution in [0.1, 0.15) is 5.56 Å². The van der Waals surface area contributed by atoms with E-state index in [0.717, 1.165) is 16.6 Å². The number of fused-ring (bicyclic) bond motifs is 1. The van der Waals surface area contributed by atoms with Gasteiger partial charge in [-0.2, -0.15) is 0 Å². The number of hydrogen-bond acceptors (Lipinski definition) is 5. The lowest BCUT2D eigenvalue weighted by Crippen LogP contribution is -2.20. The van der Waals surface area contributed by atoms with Crippen molar-refractivity contribution in [3.63, 3.8) is 0 Å². The van der Waals surface area contributed by atoms with E-state index < -0.39 is 0 Å². The first-order valence-corrected chi connectivity index (χ1v) is 10.5. The Morgan fingerprint density at radius 2 is 1.61 bits per heavy atom. The van der Waals surface area contributed by atoms with Crippen molar-refractivity contribution in [2.24, 2.45) is 0 Å². The lowest BCUT2D eigenvalue weighted by molar-refractivity contribution is 0.262. The highest BCUT2D eigenvalue weighted by molar-refractivity contribution is 6.34. The number of hydrogen-bond donors (Lipinski definition) is 2. The van der Waals surface area contributed by atoms with Crippen molar-refractivity contribution in [1.82, 2.24) is 4.98 Å². The molecule has 0 spiro atoms. The minimum Gasteiger partial charge on any atom is -0.493 e. The molecule has 0 saturated heterocycles. The van der Waals surface area contributed by atoms with Gasteiger partial charge in [-0.25, -0.2) is 4.79 Å². The van der Waals surface area contributed by atoms with Crippen molar-refractivity contribution >= 4 is 39.9 Å². The van der Waals surface area contributed by atoms with Crippen LogP contribution in [0.3, 0.4) is 0 Å². The topological polar surface area (TPSA) is 81.7 Å². The zero-order valence-corrected chi connectivity index (χ0v) is 19.1. The molecule has 2 amide bonds. The van der Waals surface area contributed by atoms with Crippen LogP contribution in [0.15, 0.2) is 66.9 Å². The number of aromatic nitrogens is 1. The third-order valence-electron chi connectivity index (χ3n) is 5.02. The number of amides is 2. The number of anilines is 2. The zero-order chi connectivity index (χ0) is 23.4. The van der Waals surface area contributed by atoms with E-state index in [4.69, 9.17) is 25.8 Å². The summed E-state index contributed by atoms with van der Waals surface area (Å²) in [7, 11) is 3.14. The fourth-order valence-electron chi connectivity index (χ4n) is 3.31. The van der Waals surface area contributed by atoms with Gasteiger partial charge in [0.2, 0.25) is 0 Å². The molecule has 0 aliphatic heterocycles. The number of ether oxygens (including phenoxy) is 3. The van der Waals surface area contributed by atoms with Gasteiger partial charge in [0.15, 0.2) is 11.5 Å². The van der Waals surface area contributed by atoms with Crippen molar-refractivity contribution in [3.8, 4) is 23.0 Å². The lowest BCUT2D eigenvalue weighted by atomic mass is 10.2. The highest BCUT2D eigenvalue weighted by Crippen LogP contribution is 2.37. The summed E-state index contributed by atoms with van der Waals surface area (Å²) in [5.41, 5.74) is 2.84. The fourth-order valence-corrected chi connectivity index (χ4v) is 3.53. The summed E-state index contributed by atoms with van der Waals surface area (Å²) < 4.78 is 16.8. The van der Waals surface area contributed by atoms with E-state index in [1.54, 1.807) is 50.7 Å². The average molecular weight is 464 g/mol. The zero-order valence-electron chi connectivity index (χ0n) is 18.3. The van der Waals surface area contributed by atoms with E-state index in [2.05, 4.69) is 15.6 Å². The summed E-state index contributed by atoms with van der Waals surface area (Å²) in [4.78, 5) is 16.8. The Labute approximate surface area is 196 Å². The largest absolute Gasteiger partial charge is 0.493 e. The number of nitrogens with zero attached hydrogens (tertiary/aromatic N) is 1. The van der Waals surface area contributed by atoms with Gasteiger partial charge < -0.3 is 24.8 Å². The maximum atomic E-state index is 12.4. The van der Waals surface area contributed by atoms with Gasteiger partial charge in [0.25, 0.3) is 0 Å². The van der Waals surface area contributed by atoms with Gasteiger partial charge in [-0.3, -0.25) is 4.98 Å². The number of pyridine rings is 1. The molecular formula is C25H22ClN3O4. The number of rotatable bonds is 6. The van der Waals surface area contributed by atoms with Crippen LogP contribution in [0.4, 0.5) is 16.2 Å². The van der Waals surface area contributed by atoms with Crippen molar-refractivity contribution < 1.29 is 19.0 Å². The number of aryl methyl sites for hydroxylation is 1. The number of carbonyl (C=O) groups is 1. The SMILES string of the molecule is COc1cc2nccc(Oc3ccc(NC(=O)Nc4ccccc4C)c(Cl)c3)c2cc1OC. The highest BCUT2D eigenvalue weighted by atomic mass is 35.5. The van der Waals surface area contributed by atoms with Crippen LogP contribution in [0.25, 0.3) is 10.9 Å².